The van der Waals surface area contributed by atoms with Gasteiger partial charge >= 0.3 is 0 Å². The van der Waals surface area contributed by atoms with Gasteiger partial charge in [0.05, 0.1) is 32.3 Å². The average molecular weight is 697 g/mol. The van der Waals surface area contributed by atoms with E-state index < -0.39 is 0 Å². The van der Waals surface area contributed by atoms with Crippen molar-refractivity contribution in [2.45, 2.75) is 0 Å². The van der Waals surface area contributed by atoms with Gasteiger partial charge in [0.1, 0.15) is 0 Å². The predicted molar refractivity (Wildman–Crippen MR) is 218 cm³/mol. The predicted octanol–water partition coefficient (Wildman–Crippen LogP) is 11.7. The molecule has 0 N–H and O–H groups in total. The Morgan fingerprint density at radius 2 is 0.849 bits per heavy atom. The minimum absolute atomic E-state index is 0.556. The van der Waals surface area contributed by atoms with Crippen molar-refractivity contribution in [3.8, 4) is 45.0 Å². The molecule has 0 spiro atoms. The highest BCUT2D eigenvalue weighted by Gasteiger charge is 2.24. The van der Waals surface area contributed by atoms with Crippen molar-refractivity contribution in [3.05, 3.63) is 170 Å². The molecular formula is C46H28N6S. The fraction of sp³-hybridized carbons (Fsp3) is 0. The number of para-hydroxylation sites is 3. The van der Waals surface area contributed by atoms with E-state index in [1.807, 2.05) is 30.3 Å². The number of benzene rings is 7. The van der Waals surface area contributed by atoms with Crippen molar-refractivity contribution in [1.82, 2.24) is 29.1 Å². The third kappa shape index (κ3) is 4.71. The van der Waals surface area contributed by atoms with Crippen LogP contribution in [-0.4, -0.2) is 29.1 Å². The van der Waals surface area contributed by atoms with Crippen LogP contribution in [0.3, 0.4) is 0 Å². The first-order valence-electron chi connectivity index (χ1n) is 17.6. The van der Waals surface area contributed by atoms with Crippen molar-refractivity contribution < 1.29 is 0 Å². The first-order valence-corrected chi connectivity index (χ1v) is 18.4. The number of aromatic nitrogens is 6. The SMILES string of the molecule is c1ccc(-c2ccc(-c3nc(-c4ccccc4)nc(-n4c5ccccc5c5ccc6c7ccccc7n(-c7nc8ccccc8s7)c6c54)n3)cc2)cc1. The molecule has 0 saturated carbocycles. The van der Waals surface area contributed by atoms with Gasteiger partial charge in [0.25, 0.3) is 0 Å². The Morgan fingerprint density at radius 3 is 1.51 bits per heavy atom. The zero-order chi connectivity index (χ0) is 34.9. The summed E-state index contributed by atoms with van der Waals surface area (Å²) in [6.45, 7) is 0. The van der Waals surface area contributed by atoms with Crippen LogP contribution in [-0.2, 0) is 0 Å². The summed E-state index contributed by atoms with van der Waals surface area (Å²) in [4.78, 5) is 20.8. The second-order valence-corrected chi connectivity index (χ2v) is 14.1. The molecule has 248 valence electrons. The first-order chi connectivity index (χ1) is 26.3. The lowest BCUT2D eigenvalue weighted by molar-refractivity contribution is 0.953. The summed E-state index contributed by atoms with van der Waals surface area (Å²) < 4.78 is 5.70. The molecule has 0 radical (unpaired) electrons. The van der Waals surface area contributed by atoms with Crippen LogP contribution in [0.5, 0.6) is 0 Å². The fourth-order valence-electron chi connectivity index (χ4n) is 7.62. The highest BCUT2D eigenvalue weighted by atomic mass is 32.1. The fourth-order valence-corrected chi connectivity index (χ4v) is 8.60. The van der Waals surface area contributed by atoms with Crippen LogP contribution in [0.4, 0.5) is 0 Å². The minimum atomic E-state index is 0.556. The van der Waals surface area contributed by atoms with Gasteiger partial charge in [0.15, 0.2) is 16.8 Å². The molecule has 0 amide bonds. The quantitative estimate of drug-likeness (QED) is 0.180. The third-order valence-electron chi connectivity index (χ3n) is 10.0. The van der Waals surface area contributed by atoms with Crippen LogP contribution in [0.1, 0.15) is 0 Å². The van der Waals surface area contributed by atoms with E-state index in [1.165, 1.54) is 5.39 Å². The van der Waals surface area contributed by atoms with Gasteiger partial charge in [-0.15, -0.1) is 0 Å². The molecule has 0 aliphatic rings. The first kappa shape index (κ1) is 29.7. The van der Waals surface area contributed by atoms with Crippen LogP contribution in [0.25, 0.3) is 98.8 Å². The molecule has 4 heterocycles. The second-order valence-electron chi connectivity index (χ2n) is 13.1. The molecule has 11 aromatic rings. The Bertz CT molecular complexity index is 3130. The summed E-state index contributed by atoms with van der Waals surface area (Å²) in [5, 5.41) is 5.47. The van der Waals surface area contributed by atoms with E-state index >= 15 is 0 Å². The van der Waals surface area contributed by atoms with Gasteiger partial charge in [-0.2, -0.15) is 9.97 Å². The summed E-state index contributed by atoms with van der Waals surface area (Å²) in [6.07, 6.45) is 0. The highest BCUT2D eigenvalue weighted by molar-refractivity contribution is 7.20. The number of thiazole rings is 1. The molecule has 0 bridgehead atoms. The van der Waals surface area contributed by atoms with Gasteiger partial charge in [-0.05, 0) is 35.4 Å². The zero-order valence-corrected chi connectivity index (χ0v) is 29.1. The summed E-state index contributed by atoms with van der Waals surface area (Å²) in [6, 6.07) is 59.0. The number of hydrogen-bond acceptors (Lipinski definition) is 5. The van der Waals surface area contributed by atoms with Crippen molar-refractivity contribution in [3.63, 3.8) is 0 Å². The number of nitrogens with zero attached hydrogens (tertiary/aromatic N) is 6. The van der Waals surface area contributed by atoms with Gasteiger partial charge < -0.3 is 0 Å². The summed E-state index contributed by atoms with van der Waals surface area (Å²) in [5.41, 5.74) is 9.34. The summed E-state index contributed by atoms with van der Waals surface area (Å²) in [7, 11) is 0. The highest BCUT2D eigenvalue weighted by Crippen LogP contribution is 2.42. The smallest absolute Gasteiger partial charge is 0.238 e. The van der Waals surface area contributed by atoms with Crippen molar-refractivity contribution in [2.24, 2.45) is 0 Å². The van der Waals surface area contributed by atoms with Gasteiger partial charge in [-0.3, -0.25) is 9.13 Å². The lowest BCUT2D eigenvalue weighted by atomic mass is 10.0. The molecular weight excluding hydrogens is 669 g/mol. The minimum Gasteiger partial charge on any atom is -0.283 e. The topological polar surface area (TPSA) is 61.4 Å². The third-order valence-corrected chi connectivity index (χ3v) is 11.1. The standard InChI is InChI=1S/C46H28N6S/c1-3-13-29(14-4-1)30-23-25-32(26-24-30)44-48-43(31-15-5-2-6-16-31)49-45(50-44)51-38-20-10-7-17-33(38)35-27-28-36-34-18-8-11-21-39(34)52(42(36)41(35)51)46-47-37-19-9-12-22-40(37)53-46/h1-28H. The maximum atomic E-state index is 5.29. The average Bonchev–Trinajstić information content (AvgIpc) is 3.91. The lowest BCUT2D eigenvalue weighted by Gasteiger charge is -2.12. The van der Waals surface area contributed by atoms with E-state index in [1.54, 1.807) is 11.3 Å². The van der Waals surface area contributed by atoms with Gasteiger partial charge in [-0.1, -0.05) is 157 Å². The summed E-state index contributed by atoms with van der Waals surface area (Å²) in [5.74, 6) is 1.78. The van der Waals surface area contributed by atoms with Crippen LogP contribution < -0.4 is 0 Å². The van der Waals surface area contributed by atoms with Crippen LogP contribution >= 0.6 is 11.3 Å². The Labute approximate surface area is 307 Å². The molecule has 7 heteroatoms. The Hall–Kier alpha value is -6.96. The van der Waals surface area contributed by atoms with Crippen molar-refractivity contribution in [2.75, 3.05) is 0 Å². The van der Waals surface area contributed by atoms with E-state index in [0.29, 0.717) is 17.6 Å². The van der Waals surface area contributed by atoms with Crippen LogP contribution in [0.15, 0.2) is 170 Å². The molecule has 0 unspecified atom stereocenters. The maximum absolute atomic E-state index is 5.29. The molecule has 0 aliphatic heterocycles. The molecule has 4 aromatic heterocycles. The van der Waals surface area contributed by atoms with E-state index in [9.17, 15) is 0 Å². The molecule has 0 fully saturated rings. The Morgan fingerprint density at radius 1 is 0.358 bits per heavy atom. The molecule has 7 aromatic carbocycles. The van der Waals surface area contributed by atoms with Crippen LogP contribution in [0, 0.1) is 0 Å². The van der Waals surface area contributed by atoms with E-state index in [4.69, 9.17) is 19.9 Å². The summed E-state index contributed by atoms with van der Waals surface area (Å²) >= 11 is 1.70. The van der Waals surface area contributed by atoms with E-state index in [-0.39, 0.29) is 0 Å². The molecule has 6 nitrogen and oxygen atoms in total. The normalized spacial score (nSPS) is 11.8. The molecule has 11 rings (SSSR count). The van der Waals surface area contributed by atoms with Crippen molar-refractivity contribution >= 4 is 65.2 Å². The number of fused-ring (bicyclic) bond motifs is 8. The molecule has 0 atom stereocenters. The van der Waals surface area contributed by atoms with Crippen LogP contribution in [0.2, 0.25) is 0 Å². The van der Waals surface area contributed by atoms with Crippen molar-refractivity contribution in [1.29, 1.82) is 0 Å². The van der Waals surface area contributed by atoms with E-state index in [2.05, 4.69) is 149 Å². The second kappa shape index (κ2) is 11.8. The molecule has 53 heavy (non-hydrogen) atoms. The maximum Gasteiger partial charge on any atom is 0.238 e. The molecule has 0 saturated heterocycles. The largest absolute Gasteiger partial charge is 0.283 e. The number of hydrogen-bond donors (Lipinski definition) is 0. The van der Waals surface area contributed by atoms with Gasteiger partial charge in [0, 0.05) is 32.7 Å². The Kier molecular flexibility index (Phi) is 6.62. The lowest BCUT2D eigenvalue weighted by Crippen LogP contribution is -2.07. The van der Waals surface area contributed by atoms with Gasteiger partial charge in [-0.25, -0.2) is 9.97 Å². The monoisotopic (exact) mass is 696 g/mol. The zero-order valence-electron chi connectivity index (χ0n) is 28.3. The molecule has 0 aliphatic carbocycles. The van der Waals surface area contributed by atoms with E-state index in [0.717, 1.165) is 75.8 Å². The van der Waals surface area contributed by atoms with Gasteiger partial charge in [0.2, 0.25) is 5.95 Å². The Balaban J connectivity index is 1.24. The number of rotatable bonds is 5.